The van der Waals surface area contributed by atoms with Crippen molar-refractivity contribution < 1.29 is 4.42 Å². The van der Waals surface area contributed by atoms with Crippen LogP contribution >= 0.6 is 0 Å². The molecule has 1 aliphatic heterocycles. The van der Waals surface area contributed by atoms with E-state index in [0.717, 1.165) is 55.0 Å². The summed E-state index contributed by atoms with van der Waals surface area (Å²) in [5.74, 6) is 5.47. The fourth-order valence-electron chi connectivity index (χ4n) is 3.79. The van der Waals surface area contributed by atoms with Crippen LogP contribution in [0.3, 0.4) is 0 Å². The van der Waals surface area contributed by atoms with Gasteiger partial charge in [0.25, 0.3) is 0 Å². The summed E-state index contributed by atoms with van der Waals surface area (Å²) in [5.41, 5.74) is 0. The number of nitrogens with zero attached hydrogens (tertiary/aromatic N) is 6. The van der Waals surface area contributed by atoms with Crippen LogP contribution in [0.5, 0.6) is 0 Å². The van der Waals surface area contributed by atoms with Gasteiger partial charge >= 0.3 is 0 Å². The minimum Gasteiger partial charge on any atom is -0.465 e. The molecule has 0 radical (unpaired) electrons. The van der Waals surface area contributed by atoms with Gasteiger partial charge in [-0.1, -0.05) is 0 Å². The van der Waals surface area contributed by atoms with Gasteiger partial charge in [0, 0.05) is 31.9 Å². The molecule has 26 heavy (non-hydrogen) atoms. The molecular weight excluding hydrogens is 328 g/mol. The Morgan fingerprint density at radius 3 is 2.81 bits per heavy atom. The Labute approximate surface area is 153 Å². The molecule has 0 N–H and O–H groups in total. The van der Waals surface area contributed by atoms with E-state index in [-0.39, 0.29) is 0 Å². The number of furan rings is 1. The van der Waals surface area contributed by atoms with Gasteiger partial charge in [0.2, 0.25) is 0 Å². The molecule has 0 spiro atoms. The molecule has 0 bridgehead atoms. The van der Waals surface area contributed by atoms with Gasteiger partial charge in [-0.2, -0.15) is 0 Å². The monoisotopic (exact) mass is 354 g/mol. The van der Waals surface area contributed by atoms with Gasteiger partial charge in [-0.3, -0.25) is 4.90 Å². The Kier molecular flexibility index (Phi) is 4.63. The van der Waals surface area contributed by atoms with E-state index in [1.54, 1.807) is 0 Å². The summed E-state index contributed by atoms with van der Waals surface area (Å²) in [7, 11) is 2.08. The highest BCUT2D eigenvalue weighted by atomic mass is 16.3. The lowest BCUT2D eigenvalue weighted by Gasteiger charge is -2.31. The van der Waals surface area contributed by atoms with Gasteiger partial charge in [-0.05, 0) is 45.4 Å². The Morgan fingerprint density at radius 1 is 1.19 bits per heavy atom. The van der Waals surface area contributed by atoms with Crippen LogP contribution in [-0.4, -0.2) is 42.3 Å². The standard InChI is InChI=1S/C19H26N6O/c1-14-6-7-17(26-14)12-24-9-4-5-16(11-24)19-22-21-18(23(19)3)13-25-10-8-20-15(25)2/h6-8,10,16H,4-5,9,11-13H2,1-3H3/t16-/m0/s1. The minimum atomic E-state index is 0.412. The fourth-order valence-corrected chi connectivity index (χ4v) is 3.79. The van der Waals surface area contributed by atoms with Crippen LogP contribution in [0, 0.1) is 13.8 Å². The first-order valence-corrected chi connectivity index (χ1v) is 9.23. The summed E-state index contributed by atoms with van der Waals surface area (Å²) in [6.07, 6.45) is 6.14. The van der Waals surface area contributed by atoms with Crippen molar-refractivity contribution >= 4 is 0 Å². The summed E-state index contributed by atoms with van der Waals surface area (Å²) in [5, 5.41) is 8.97. The van der Waals surface area contributed by atoms with E-state index >= 15 is 0 Å². The SMILES string of the molecule is Cc1ccc(CN2CCC[C@H](c3nnc(Cn4ccnc4C)n3C)C2)o1. The highest BCUT2D eigenvalue weighted by Gasteiger charge is 2.26. The number of aryl methyl sites for hydroxylation is 2. The number of hydrogen-bond donors (Lipinski definition) is 0. The molecule has 0 aromatic carbocycles. The zero-order valence-corrected chi connectivity index (χ0v) is 15.7. The van der Waals surface area contributed by atoms with Crippen molar-refractivity contribution in [1.82, 2.24) is 29.2 Å². The van der Waals surface area contributed by atoms with E-state index < -0.39 is 0 Å². The third-order valence-corrected chi connectivity index (χ3v) is 5.28. The van der Waals surface area contributed by atoms with Crippen molar-refractivity contribution in [3.8, 4) is 0 Å². The lowest BCUT2D eigenvalue weighted by molar-refractivity contribution is 0.181. The molecule has 3 aromatic rings. The summed E-state index contributed by atoms with van der Waals surface area (Å²) in [6.45, 7) is 7.67. The molecule has 3 aromatic heterocycles. The predicted octanol–water partition coefficient (Wildman–Crippen LogP) is 2.65. The molecule has 1 atom stereocenters. The highest BCUT2D eigenvalue weighted by Crippen LogP contribution is 2.27. The van der Waals surface area contributed by atoms with Crippen LogP contribution in [0.25, 0.3) is 0 Å². The molecule has 7 heteroatoms. The first-order chi connectivity index (χ1) is 12.6. The zero-order chi connectivity index (χ0) is 18.1. The second-order valence-corrected chi connectivity index (χ2v) is 7.22. The van der Waals surface area contributed by atoms with Crippen molar-refractivity contribution in [2.45, 2.75) is 45.7 Å². The van der Waals surface area contributed by atoms with Crippen molar-refractivity contribution in [2.75, 3.05) is 13.1 Å². The molecule has 138 valence electrons. The number of aromatic nitrogens is 5. The first kappa shape index (κ1) is 17.0. The number of imidazole rings is 1. The third kappa shape index (κ3) is 3.44. The molecule has 0 unspecified atom stereocenters. The molecule has 0 saturated carbocycles. The van der Waals surface area contributed by atoms with Crippen molar-refractivity contribution in [2.24, 2.45) is 7.05 Å². The molecule has 7 nitrogen and oxygen atoms in total. The molecule has 4 rings (SSSR count). The summed E-state index contributed by atoms with van der Waals surface area (Å²) in [6, 6.07) is 4.11. The number of hydrogen-bond acceptors (Lipinski definition) is 5. The number of piperidine rings is 1. The van der Waals surface area contributed by atoms with E-state index in [9.17, 15) is 0 Å². The van der Waals surface area contributed by atoms with E-state index in [4.69, 9.17) is 4.42 Å². The minimum absolute atomic E-state index is 0.412. The van der Waals surface area contributed by atoms with Crippen molar-refractivity contribution in [3.63, 3.8) is 0 Å². The molecule has 1 aliphatic rings. The van der Waals surface area contributed by atoms with Gasteiger partial charge in [-0.15, -0.1) is 10.2 Å². The third-order valence-electron chi connectivity index (χ3n) is 5.28. The summed E-state index contributed by atoms with van der Waals surface area (Å²) < 4.78 is 10.00. The maximum atomic E-state index is 5.74. The lowest BCUT2D eigenvalue weighted by atomic mass is 9.97. The molecule has 4 heterocycles. The first-order valence-electron chi connectivity index (χ1n) is 9.23. The molecule has 0 aliphatic carbocycles. The van der Waals surface area contributed by atoms with E-state index in [1.807, 2.05) is 32.3 Å². The van der Waals surface area contributed by atoms with E-state index in [0.29, 0.717) is 12.5 Å². The largest absolute Gasteiger partial charge is 0.465 e. The predicted molar refractivity (Wildman–Crippen MR) is 97.8 cm³/mol. The number of rotatable bonds is 5. The normalized spacial score (nSPS) is 18.5. The van der Waals surface area contributed by atoms with Crippen LogP contribution in [0.2, 0.25) is 0 Å². The summed E-state index contributed by atoms with van der Waals surface area (Å²) in [4.78, 5) is 6.74. The molecule has 1 fully saturated rings. The Hall–Kier alpha value is -2.41. The number of likely N-dealkylation sites (tertiary alicyclic amines) is 1. The zero-order valence-electron chi connectivity index (χ0n) is 15.7. The van der Waals surface area contributed by atoms with Crippen LogP contribution in [0.4, 0.5) is 0 Å². The maximum absolute atomic E-state index is 5.74. The van der Waals surface area contributed by atoms with Crippen molar-refractivity contribution in [3.05, 3.63) is 53.5 Å². The topological polar surface area (TPSA) is 64.9 Å². The maximum Gasteiger partial charge on any atom is 0.152 e. The van der Waals surface area contributed by atoms with Crippen LogP contribution in [-0.2, 0) is 20.1 Å². The van der Waals surface area contributed by atoms with Gasteiger partial charge < -0.3 is 13.6 Å². The van der Waals surface area contributed by atoms with Crippen LogP contribution in [0.1, 0.15) is 47.8 Å². The average molecular weight is 354 g/mol. The second-order valence-electron chi connectivity index (χ2n) is 7.22. The Morgan fingerprint density at radius 2 is 2.08 bits per heavy atom. The second kappa shape index (κ2) is 7.07. The van der Waals surface area contributed by atoms with Gasteiger partial charge in [0.05, 0.1) is 13.1 Å². The van der Waals surface area contributed by atoms with Crippen LogP contribution < -0.4 is 0 Å². The van der Waals surface area contributed by atoms with Gasteiger partial charge in [0.15, 0.2) is 5.82 Å². The molecule has 0 amide bonds. The van der Waals surface area contributed by atoms with Gasteiger partial charge in [-0.25, -0.2) is 4.98 Å². The highest BCUT2D eigenvalue weighted by molar-refractivity contribution is 5.08. The Bertz CT molecular complexity index is 876. The fraction of sp³-hybridized carbons (Fsp3) is 0.526. The Balaban J connectivity index is 1.46. The molecular formula is C19H26N6O. The average Bonchev–Trinajstić information content (AvgIpc) is 3.31. The van der Waals surface area contributed by atoms with E-state index in [2.05, 4.69) is 42.3 Å². The van der Waals surface area contributed by atoms with Crippen LogP contribution in [0.15, 0.2) is 28.9 Å². The van der Waals surface area contributed by atoms with E-state index in [1.165, 1.54) is 6.42 Å². The molecule has 1 saturated heterocycles. The lowest BCUT2D eigenvalue weighted by Crippen LogP contribution is -2.34. The smallest absolute Gasteiger partial charge is 0.152 e. The van der Waals surface area contributed by atoms with Gasteiger partial charge in [0.1, 0.15) is 23.2 Å². The quantitative estimate of drug-likeness (QED) is 0.705. The van der Waals surface area contributed by atoms with Crippen molar-refractivity contribution in [1.29, 1.82) is 0 Å². The summed E-state index contributed by atoms with van der Waals surface area (Å²) >= 11 is 0.